The molecule has 1 fully saturated rings. The first kappa shape index (κ1) is 13.3. The van der Waals surface area contributed by atoms with Gasteiger partial charge in [0, 0.05) is 11.8 Å². The number of nitriles is 1. The molecule has 0 aromatic heterocycles. The number of hydrogen-bond acceptors (Lipinski definition) is 4. The summed E-state index contributed by atoms with van der Waals surface area (Å²) in [6, 6.07) is 2.10. The number of carbonyl (C=O) groups is 1. The van der Waals surface area contributed by atoms with E-state index >= 15 is 0 Å². The zero-order chi connectivity index (χ0) is 11.8. The molecule has 1 saturated heterocycles. The minimum Gasteiger partial charge on any atom is -0.354 e. The average molecular weight is 241 g/mol. The largest absolute Gasteiger partial charge is 0.354 e. The third kappa shape index (κ3) is 5.38. The van der Waals surface area contributed by atoms with Crippen LogP contribution in [0.15, 0.2) is 0 Å². The van der Waals surface area contributed by atoms with E-state index in [1.165, 1.54) is 0 Å². The van der Waals surface area contributed by atoms with Gasteiger partial charge < -0.3 is 10.6 Å². The van der Waals surface area contributed by atoms with E-state index in [2.05, 4.69) is 16.7 Å². The van der Waals surface area contributed by atoms with Gasteiger partial charge in [-0.15, -0.1) is 11.8 Å². The summed E-state index contributed by atoms with van der Waals surface area (Å²) >= 11 is 1.73. The lowest BCUT2D eigenvalue weighted by Crippen LogP contribution is -2.32. The first-order valence-corrected chi connectivity index (χ1v) is 6.76. The van der Waals surface area contributed by atoms with E-state index in [0.29, 0.717) is 17.5 Å². The van der Waals surface area contributed by atoms with Crippen molar-refractivity contribution in [2.45, 2.75) is 25.0 Å². The van der Waals surface area contributed by atoms with Crippen molar-refractivity contribution in [2.24, 2.45) is 5.92 Å². The second kappa shape index (κ2) is 7.53. The van der Waals surface area contributed by atoms with Crippen molar-refractivity contribution >= 4 is 17.7 Å². The summed E-state index contributed by atoms with van der Waals surface area (Å²) in [7, 11) is 0. The van der Waals surface area contributed by atoms with Gasteiger partial charge in [-0.05, 0) is 32.9 Å². The number of rotatable bonds is 5. The van der Waals surface area contributed by atoms with E-state index in [9.17, 15) is 4.79 Å². The van der Waals surface area contributed by atoms with E-state index in [1.807, 2.05) is 0 Å². The molecule has 1 amide bonds. The van der Waals surface area contributed by atoms with Crippen molar-refractivity contribution < 1.29 is 4.79 Å². The molecule has 1 unspecified atom stereocenters. The lowest BCUT2D eigenvalue weighted by atomic mass is 10.2. The molecule has 0 aromatic rings. The Bertz CT molecular complexity index is 258. The Morgan fingerprint density at radius 2 is 2.31 bits per heavy atom. The second-order valence-electron chi connectivity index (χ2n) is 4.09. The highest BCUT2D eigenvalue weighted by Crippen LogP contribution is 2.19. The molecule has 0 aliphatic carbocycles. The Kier molecular flexibility index (Phi) is 6.27. The van der Waals surface area contributed by atoms with Gasteiger partial charge in [-0.25, -0.2) is 0 Å². The fourth-order valence-corrected chi connectivity index (χ4v) is 2.58. The first-order chi connectivity index (χ1) is 7.72. The van der Waals surface area contributed by atoms with Crippen LogP contribution in [0.2, 0.25) is 0 Å². The standard InChI is InChI=1S/C11H19N3OS/c1-9(6-12)7-14-11(15)8-16-10-2-4-13-5-3-10/h9-10,13H,2-5,7-8H2,1H3,(H,14,15). The molecular weight excluding hydrogens is 222 g/mol. The van der Waals surface area contributed by atoms with Gasteiger partial charge in [0.2, 0.25) is 5.91 Å². The fourth-order valence-electron chi connectivity index (χ4n) is 1.52. The summed E-state index contributed by atoms with van der Waals surface area (Å²) in [5.74, 6) is 0.460. The fraction of sp³-hybridized carbons (Fsp3) is 0.818. The first-order valence-electron chi connectivity index (χ1n) is 5.71. The maximum Gasteiger partial charge on any atom is 0.230 e. The molecule has 4 nitrogen and oxygen atoms in total. The quantitative estimate of drug-likeness (QED) is 0.745. The lowest BCUT2D eigenvalue weighted by molar-refractivity contribution is -0.118. The van der Waals surface area contributed by atoms with Crippen molar-refractivity contribution in [1.82, 2.24) is 10.6 Å². The van der Waals surface area contributed by atoms with E-state index in [-0.39, 0.29) is 11.8 Å². The van der Waals surface area contributed by atoms with Crippen LogP contribution in [0.25, 0.3) is 0 Å². The van der Waals surface area contributed by atoms with Gasteiger partial charge in [0.1, 0.15) is 0 Å². The van der Waals surface area contributed by atoms with Crippen LogP contribution in [-0.4, -0.2) is 36.5 Å². The predicted molar refractivity (Wildman–Crippen MR) is 66.1 cm³/mol. The molecule has 0 aromatic carbocycles. The number of hydrogen-bond donors (Lipinski definition) is 2. The van der Waals surface area contributed by atoms with Gasteiger partial charge in [-0.3, -0.25) is 4.79 Å². The van der Waals surface area contributed by atoms with Gasteiger partial charge in [-0.2, -0.15) is 5.26 Å². The Labute approximate surface area is 101 Å². The van der Waals surface area contributed by atoms with E-state index in [1.54, 1.807) is 18.7 Å². The highest BCUT2D eigenvalue weighted by molar-refractivity contribution is 8.00. The molecule has 1 rings (SSSR count). The van der Waals surface area contributed by atoms with Crippen molar-refractivity contribution in [1.29, 1.82) is 5.26 Å². The van der Waals surface area contributed by atoms with Crippen molar-refractivity contribution in [3.05, 3.63) is 0 Å². The second-order valence-corrected chi connectivity index (χ2v) is 5.38. The SMILES string of the molecule is CC(C#N)CNC(=O)CSC1CCNCC1. The number of carbonyl (C=O) groups excluding carboxylic acids is 1. The van der Waals surface area contributed by atoms with E-state index < -0.39 is 0 Å². The summed E-state index contributed by atoms with van der Waals surface area (Å²) in [5, 5.41) is 15.3. The number of nitrogens with one attached hydrogen (secondary N) is 2. The van der Waals surface area contributed by atoms with E-state index in [4.69, 9.17) is 5.26 Å². The molecular formula is C11H19N3OS. The third-order valence-corrected chi connectivity index (χ3v) is 3.93. The van der Waals surface area contributed by atoms with Gasteiger partial charge in [0.25, 0.3) is 0 Å². The highest BCUT2D eigenvalue weighted by Gasteiger charge is 2.14. The zero-order valence-corrected chi connectivity index (χ0v) is 10.5. The van der Waals surface area contributed by atoms with E-state index in [0.717, 1.165) is 25.9 Å². The van der Waals surface area contributed by atoms with Crippen molar-refractivity contribution in [3.63, 3.8) is 0 Å². The molecule has 90 valence electrons. The minimum atomic E-state index is -0.104. The van der Waals surface area contributed by atoms with Crippen molar-refractivity contribution in [2.75, 3.05) is 25.4 Å². The third-order valence-electron chi connectivity index (χ3n) is 2.56. The van der Waals surface area contributed by atoms with Gasteiger partial charge in [0.15, 0.2) is 0 Å². The predicted octanol–water partition coefficient (Wildman–Crippen LogP) is 0.747. The highest BCUT2D eigenvalue weighted by atomic mass is 32.2. The maximum absolute atomic E-state index is 11.4. The average Bonchev–Trinajstić information content (AvgIpc) is 2.34. The molecule has 0 saturated carbocycles. The van der Waals surface area contributed by atoms with Crippen LogP contribution in [0.1, 0.15) is 19.8 Å². The molecule has 5 heteroatoms. The zero-order valence-electron chi connectivity index (χ0n) is 9.66. The van der Waals surface area contributed by atoms with Crippen molar-refractivity contribution in [3.8, 4) is 6.07 Å². The van der Waals surface area contributed by atoms with Crippen LogP contribution in [-0.2, 0) is 4.79 Å². The Morgan fingerprint density at radius 3 is 2.94 bits per heavy atom. The molecule has 16 heavy (non-hydrogen) atoms. The summed E-state index contributed by atoms with van der Waals surface area (Å²) in [6.07, 6.45) is 2.29. The molecule has 2 N–H and O–H groups in total. The Hall–Kier alpha value is -0.730. The van der Waals surface area contributed by atoms with Gasteiger partial charge in [0.05, 0.1) is 17.7 Å². The molecule has 1 aliphatic heterocycles. The van der Waals surface area contributed by atoms with Crippen LogP contribution in [0.3, 0.4) is 0 Å². The molecule has 0 spiro atoms. The Balaban J connectivity index is 2.07. The molecule has 1 heterocycles. The number of thioether (sulfide) groups is 1. The van der Waals surface area contributed by atoms with Crippen LogP contribution < -0.4 is 10.6 Å². The Morgan fingerprint density at radius 1 is 1.62 bits per heavy atom. The maximum atomic E-state index is 11.4. The summed E-state index contributed by atoms with van der Waals surface area (Å²) in [4.78, 5) is 11.4. The van der Waals surface area contributed by atoms with Gasteiger partial charge in [-0.1, -0.05) is 0 Å². The van der Waals surface area contributed by atoms with Crippen LogP contribution in [0, 0.1) is 17.2 Å². The lowest BCUT2D eigenvalue weighted by Gasteiger charge is -2.21. The number of nitrogens with zero attached hydrogens (tertiary/aromatic N) is 1. The molecule has 0 radical (unpaired) electrons. The normalized spacial score (nSPS) is 18.8. The smallest absolute Gasteiger partial charge is 0.230 e. The molecule has 1 aliphatic rings. The summed E-state index contributed by atoms with van der Waals surface area (Å²) in [6.45, 7) is 4.39. The summed E-state index contributed by atoms with van der Waals surface area (Å²) < 4.78 is 0. The van der Waals surface area contributed by atoms with Crippen LogP contribution in [0.5, 0.6) is 0 Å². The molecule has 0 bridgehead atoms. The molecule has 1 atom stereocenters. The van der Waals surface area contributed by atoms with Gasteiger partial charge >= 0.3 is 0 Å². The number of piperidine rings is 1. The number of amides is 1. The summed E-state index contributed by atoms with van der Waals surface area (Å²) in [5.41, 5.74) is 0. The van der Waals surface area contributed by atoms with Crippen LogP contribution in [0.4, 0.5) is 0 Å². The topological polar surface area (TPSA) is 64.9 Å². The minimum absolute atomic E-state index is 0.0469. The van der Waals surface area contributed by atoms with Crippen LogP contribution >= 0.6 is 11.8 Å². The monoisotopic (exact) mass is 241 g/mol.